The highest BCUT2D eigenvalue weighted by atomic mass is 16.8. The quantitative estimate of drug-likeness (QED) is 0.613. The number of carboxylic acids is 1. The molecule has 7 nitrogen and oxygen atoms in total. The van der Waals surface area contributed by atoms with Crippen LogP contribution in [0.4, 0.5) is 4.79 Å². The van der Waals surface area contributed by atoms with Crippen molar-refractivity contribution in [2.24, 2.45) is 0 Å². The number of phenolic OH excluding ortho intramolecular Hbond substituents is 1. The summed E-state index contributed by atoms with van der Waals surface area (Å²) in [5.41, 5.74) is -0.0342. The molecule has 128 valence electrons. The van der Waals surface area contributed by atoms with Gasteiger partial charge < -0.3 is 19.8 Å². The molecule has 0 radical (unpaired) electrons. The van der Waals surface area contributed by atoms with Crippen LogP contribution in [-0.4, -0.2) is 45.6 Å². The van der Waals surface area contributed by atoms with Crippen molar-refractivity contribution in [3.05, 3.63) is 29.8 Å². The summed E-state index contributed by atoms with van der Waals surface area (Å²) >= 11 is 0. The van der Waals surface area contributed by atoms with Crippen LogP contribution in [0.5, 0.6) is 5.75 Å². The normalized spacial score (nSPS) is 12.7. The number of carbonyl (C=O) groups excluding carboxylic acids is 1. The summed E-state index contributed by atoms with van der Waals surface area (Å²) in [6.07, 6.45) is -0.831. The highest BCUT2D eigenvalue weighted by Gasteiger charge is 2.30. The van der Waals surface area contributed by atoms with Crippen molar-refractivity contribution in [3.63, 3.8) is 0 Å². The molecule has 0 bridgehead atoms. The summed E-state index contributed by atoms with van der Waals surface area (Å²) in [5, 5.41) is 19.8. The van der Waals surface area contributed by atoms with Crippen LogP contribution in [0.3, 0.4) is 0 Å². The summed E-state index contributed by atoms with van der Waals surface area (Å²) in [7, 11) is 0. The van der Waals surface area contributed by atoms with Crippen LogP contribution in [0.1, 0.15) is 33.3 Å². The largest absolute Gasteiger partial charge is 0.528 e. The molecule has 1 rings (SSSR count). The number of aliphatic carboxylic acids is 1. The van der Waals surface area contributed by atoms with Gasteiger partial charge in [0.25, 0.3) is 0 Å². The lowest BCUT2D eigenvalue weighted by molar-refractivity contribution is -0.182. The van der Waals surface area contributed by atoms with E-state index in [-0.39, 0.29) is 18.7 Å². The van der Waals surface area contributed by atoms with E-state index in [9.17, 15) is 19.8 Å². The van der Waals surface area contributed by atoms with Gasteiger partial charge in [-0.1, -0.05) is 12.1 Å². The van der Waals surface area contributed by atoms with Crippen molar-refractivity contribution in [3.8, 4) is 5.75 Å². The molecular weight excluding hydrogens is 302 g/mol. The monoisotopic (exact) mass is 325 g/mol. The van der Waals surface area contributed by atoms with Gasteiger partial charge in [0.2, 0.25) is 0 Å². The number of hydrogen-bond acceptors (Lipinski definition) is 6. The zero-order valence-electron chi connectivity index (χ0n) is 13.8. The predicted octanol–water partition coefficient (Wildman–Crippen LogP) is 2.58. The van der Waals surface area contributed by atoms with E-state index in [0.29, 0.717) is 5.56 Å². The highest BCUT2D eigenvalue weighted by molar-refractivity contribution is 5.74. The molecule has 0 aliphatic carbocycles. The Hall–Kier alpha value is -2.28. The Morgan fingerprint density at radius 1 is 1.22 bits per heavy atom. The van der Waals surface area contributed by atoms with E-state index in [1.165, 1.54) is 12.1 Å². The minimum Gasteiger partial charge on any atom is -0.508 e. The lowest BCUT2D eigenvalue weighted by atomic mass is 10.1. The lowest BCUT2D eigenvalue weighted by Gasteiger charge is -2.27. The van der Waals surface area contributed by atoms with Crippen molar-refractivity contribution >= 4 is 12.1 Å². The molecule has 0 saturated carbocycles. The number of nitrogens with zero attached hydrogens (tertiary/aromatic N) is 1. The van der Waals surface area contributed by atoms with Crippen LogP contribution < -0.4 is 0 Å². The molecule has 1 atom stereocenters. The second-order valence-corrected chi connectivity index (χ2v) is 6.01. The Kier molecular flexibility index (Phi) is 6.38. The molecule has 1 aromatic carbocycles. The molecule has 0 amide bonds. The van der Waals surface area contributed by atoms with Crippen LogP contribution in [0.2, 0.25) is 0 Å². The number of likely N-dealkylation sites (N-methyl/N-ethyl adjacent to an activating group) is 1. The number of aromatic hydroxyl groups is 1. The second-order valence-electron chi connectivity index (χ2n) is 6.01. The number of hydroxylamine groups is 2. The van der Waals surface area contributed by atoms with E-state index in [1.807, 2.05) is 0 Å². The fourth-order valence-corrected chi connectivity index (χ4v) is 1.88. The molecule has 2 N–H and O–H groups in total. The van der Waals surface area contributed by atoms with E-state index < -0.39 is 23.8 Å². The Morgan fingerprint density at radius 3 is 2.22 bits per heavy atom. The fourth-order valence-electron chi connectivity index (χ4n) is 1.88. The number of rotatable bonds is 6. The average molecular weight is 325 g/mol. The highest BCUT2D eigenvalue weighted by Crippen LogP contribution is 2.16. The van der Waals surface area contributed by atoms with E-state index >= 15 is 0 Å². The molecule has 0 aliphatic heterocycles. The minimum absolute atomic E-state index is 0.0953. The maximum absolute atomic E-state index is 11.7. The van der Waals surface area contributed by atoms with Crippen LogP contribution in [0.25, 0.3) is 0 Å². The number of carbonyl (C=O) groups is 2. The average Bonchev–Trinajstić information content (AvgIpc) is 2.42. The number of benzene rings is 1. The van der Waals surface area contributed by atoms with Gasteiger partial charge in [-0.2, -0.15) is 0 Å². The third kappa shape index (κ3) is 6.56. The van der Waals surface area contributed by atoms with Gasteiger partial charge in [0.1, 0.15) is 17.4 Å². The van der Waals surface area contributed by atoms with Gasteiger partial charge in [0.05, 0.1) is 0 Å². The molecule has 0 heterocycles. The smallest absolute Gasteiger partial charge is 0.508 e. The van der Waals surface area contributed by atoms with Gasteiger partial charge in [-0.3, -0.25) is 4.79 Å². The summed E-state index contributed by atoms with van der Waals surface area (Å²) in [6, 6.07) is 5.12. The number of phenols is 1. The maximum Gasteiger partial charge on any atom is 0.528 e. The van der Waals surface area contributed by atoms with Crippen molar-refractivity contribution in [2.45, 2.75) is 45.8 Å². The minimum atomic E-state index is -1.12. The van der Waals surface area contributed by atoms with Gasteiger partial charge in [0.15, 0.2) is 0 Å². The molecule has 0 unspecified atom stereocenters. The Morgan fingerprint density at radius 2 is 1.78 bits per heavy atom. The molecule has 0 fully saturated rings. The van der Waals surface area contributed by atoms with E-state index in [4.69, 9.17) is 9.57 Å². The van der Waals surface area contributed by atoms with Crippen molar-refractivity contribution in [1.29, 1.82) is 0 Å². The van der Waals surface area contributed by atoms with Crippen LogP contribution in [0, 0.1) is 0 Å². The van der Waals surface area contributed by atoms with Crippen molar-refractivity contribution in [2.75, 3.05) is 6.54 Å². The Bertz CT molecular complexity index is 534. The fraction of sp³-hybridized carbons (Fsp3) is 0.500. The zero-order chi connectivity index (χ0) is 17.6. The van der Waals surface area contributed by atoms with Crippen LogP contribution >= 0.6 is 0 Å². The summed E-state index contributed by atoms with van der Waals surface area (Å²) in [4.78, 5) is 28.3. The molecule has 0 saturated heterocycles. The molecule has 23 heavy (non-hydrogen) atoms. The number of carboxylic acid groups (broad SMARTS) is 1. The molecular formula is C16H23NO6. The predicted molar refractivity (Wildman–Crippen MR) is 82.9 cm³/mol. The van der Waals surface area contributed by atoms with Crippen molar-refractivity contribution < 1.29 is 29.4 Å². The standard InChI is InChI=1S/C16H23NO6/c1-5-17(23-15(21)22-16(2,3)4)13(14(19)20)10-11-6-8-12(18)9-7-11/h6-9,13,18H,5,10H2,1-4H3,(H,19,20)/t13-/m1/s1. The van der Waals surface area contributed by atoms with Crippen LogP contribution in [0.15, 0.2) is 24.3 Å². The van der Waals surface area contributed by atoms with E-state index in [1.54, 1.807) is 39.8 Å². The first-order chi connectivity index (χ1) is 10.6. The van der Waals surface area contributed by atoms with Crippen LogP contribution in [-0.2, 0) is 20.8 Å². The first-order valence-electron chi connectivity index (χ1n) is 7.30. The molecule has 1 aromatic rings. The second kappa shape index (κ2) is 7.82. The van der Waals surface area contributed by atoms with E-state index in [2.05, 4.69) is 0 Å². The van der Waals surface area contributed by atoms with Gasteiger partial charge in [-0.25, -0.2) is 4.79 Å². The lowest BCUT2D eigenvalue weighted by Crippen LogP contribution is -2.44. The summed E-state index contributed by atoms with van der Waals surface area (Å²) in [5.74, 6) is -1.03. The van der Waals surface area contributed by atoms with Gasteiger partial charge >= 0.3 is 12.1 Å². The third-order valence-electron chi connectivity index (χ3n) is 2.89. The first kappa shape index (κ1) is 18.8. The summed E-state index contributed by atoms with van der Waals surface area (Å²) in [6.45, 7) is 6.94. The van der Waals surface area contributed by atoms with Crippen molar-refractivity contribution in [1.82, 2.24) is 5.06 Å². The Labute approximate surface area is 135 Å². The van der Waals surface area contributed by atoms with Gasteiger partial charge in [-0.15, -0.1) is 5.06 Å². The molecule has 0 spiro atoms. The molecule has 0 aromatic heterocycles. The number of ether oxygens (including phenoxy) is 1. The first-order valence-corrected chi connectivity index (χ1v) is 7.30. The number of hydrogen-bond donors (Lipinski definition) is 2. The zero-order valence-corrected chi connectivity index (χ0v) is 13.8. The Balaban J connectivity index is 2.82. The molecule has 7 heteroatoms. The topological polar surface area (TPSA) is 96.3 Å². The summed E-state index contributed by atoms with van der Waals surface area (Å²) < 4.78 is 5.04. The molecule has 0 aliphatic rings. The third-order valence-corrected chi connectivity index (χ3v) is 2.89. The van der Waals surface area contributed by atoms with E-state index in [0.717, 1.165) is 5.06 Å². The van der Waals surface area contributed by atoms with Gasteiger partial charge in [-0.05, 0) is 45.4 Å². The maximum atomic E-state index is 11.7. The SMILES string of the molecule is CCN(OC(=O)OC(C)(C)C)[C@H](Cc1ccc(O)cc1)C(=O)O. The van der Waals surface area contributed by atoms with Gasteiger partial charge in [0, 0.05) is 13.0 Å².